The number of hydrogen-bond acceptors (Lipinski definition) is 2. The van der Waals surface area contributed by atoms with E-state index in [-0.39, 0.29) is 0 Å². The van der Waals surface area contributed by atoms with Crippen LogP contribution in [0.25, 0.3) is 0 Å². The first-order valence-electron chi connectivity index (χ1n) is 6.85. The molecule has 0 aliphatic heterocycles. The van der Waals surface area contributed by atoms with Crippen molar-refractivity contribution in [3.8, 4) is 0 Å². The Bertz CT molecular complexity index is 469. The summed E-state index contributed by atoms with van der Waals surface area (Å²) in [6.45, 7) is 5.61. The van der Waals surface area contributed by atoms with Crippen molar-refractivity contribution in [3.05, 3.63) is 28.2 Å². The van der Waals surface area contributed by atoms with E-state index >= 15 is 0 Å². The fourth-order valence-corrected chi connectivity index (χ4v) is 2.76. The largest absolute Gasteiger partial charge is 0.389 e. The number of benzene rings is 1. The number of thiocarbonyl (C=S) groups is 1. The lowest BCUT2D eigenvalue weighted by Crippen LogP contribution is -2.30. The fraction of sp³-hybridized carbons (Fsp3) is 0.533. The van der Waals surface area contributed by atoms with E-state index in [1.807, 2.05) is 6.07 Å². The van der Waals surface area contributed by atoms with Gasteiger partial charge in [0.25, 0.3) is 0 Å². The maximum atomic E-state index is 5.88. The topological polar surface area (TPSA) is 29.3 Å². The Morgan fingerprint density at radius 3 is 2.68 bits per heavy atom. The lowest BCUT2D eigenvalue weighted by molar-refractivity contribution is 0.570. The van der Waals surface area contributed by atoms with Crippen LogP contribution in [0.15, 0.2) is 22.7 Å². The summed E-state index contributed by atoms with van der Waals surface area (Å²) in [5.74, 6) is 0.713. The summed E-state index contributed by atoms with van der Waals surface area (Å²) in [7, 11) is 0. The maximum Gasteiger partial charge on any atom is 0.106 e. The Labute approximate surface area is 129 Å². The van der Waals surface area contributed by atoms with Crippen LogP contribution in [0.2, 0.25) is 0 Å². The average molecular weight is 341 g/mol. The first-order valence-corrected chi connectivity index (χ1v) is 8.05. The zero-order chi connectivity index (χ0) is 14.0. The summed E-state index contributed by atoms with van der Waals surface area (Å²) in [4.78, 5) is 2.97. The molecule has 104 valence electrons. The molecule has 1 saturated carbocycles. The van der Waals surface area contributed by atoms with Gasteiger partial charge in [0.15, 0.2) is 0 Å². The van der Waals surface area contributed by atoms with Gasteiger partial charge in [-0.2, -0.15) is 0 Å². The molecular weight excluding hydrogens is 320 g/mol. The third-order valence-electron chi connectivity index (χ3n) is 3.47. The molecule has 1 aliphatic rings. The van der Waals surface area contributed by atoms with Crippen LogP contribution < -0.4 is 10.6 Å². The summed E-state index contributed by atoms with van der Waals surface area (Å²) < 4.78 is 1.03. The van der Waals surface area contributed by atoms with Gasteiger partial charge in [0.2, 0.25) is 0 Å². The molecule has 1 aromatic carbocycles. The van der Waals surface area contributed by atoms with Crippen molar-refractivity contribution in [2.45, 2.75) is 39.2 Å². The molecule has 0 saturated heterocycles. The Balaban J connectivity index is 2.28. The highest BCUT2D eigenvalue weighted by Gasteiger charge is 2.30. The molecule has 0 amide bonds. The fourth-order valence-electron chi connectivity index (χ4n) is 2.24. The zero-order valence-electron chi connectivity index (χ0n) is 11.5. The Kier molecular flexibility index (Phi) is 4.85. The van der Waals surface area contributed by atoms with Crippen molar-refractivity contribution in [1.29, 1.82) is 0 Å². The van der Waals surface area contributed by atoms with Crippen LogP contribution in [0, 0.1) is 5.92 Å². The molecule has 2 nitrogen and oxygen atoms in total. The number of rotatable bonds is 6. The minimum atomic E-state index is 0.478. The predicted molar refractivity (Wildman–Crippen MR) is 89.9 cm³/mol. The van der Waals surface area contributed by atoms with Gasteiger partial charge in [0, 0.05) is 28.3 Å². The van der Waals surface area contributed by atoms with Crippen LogP contribution in [0.5, 0.6) is 0 Å². The van der Waals surface area contributed by atoms with E-state index in [0.29, 0.717) is 16.9 Å². The van der Waals surface area contributed by atoms with Crippen molar-refractivity contribution in [1.82, 2.24) is 0 Å². The van der Waals surface area contributed by atoms with Gasteiger partial charge in [-0.05, 0) is 43.4 Å². The van der Waals surface area contributed by atoms with E-state index in [1.165, 1.54) is 24.9 Å². The first-order chi connectivity index (χ1) is 8.99. The molecule has 2 rings (SSSR count). The molecule has 0 spiro atoms. The second-order valence-electron chi connectivity index (χ2n) is 5.63. The zero-order valence-corrected chi connectivity index (χ0v) is 13.9. The molecule has 1 fully saturated rings. The van der Waals surface area contributed by atoms with E-state index in [4.69, 9.17) is 18.0 Å². The minimum absolute atomic E-state index is 0.478. The van der Waals surface area contributed by atoms with Crippen LogP contribution in [0.3, 0.4) is 0 Å². The SMILES string of the molecule is CC(C)CCN(c1ccc(Br)cc1C(N)=S)C1CC1. The Morgan fingerprint density at radius 1 is 1.47 bits per heavy atom. The van der Waals surface area contributed by atoms with E-state index in [9.17, 15) is 0 Å². The van der Waals surface area contributed by atoms with E-state index in [0.717, 1.165) is 16.6 Å². The smallest absolute Gasteiger partial charge is 0.106 e. The molecule has 0 unspecified atom stereocenters. The van der Waals surface area contributed by atoms with Crippen molar-refractivity contribution in [2.24, 2.45) is 11.7 Å². The molecule has 0 bridgehead atoms. The van der Waals surface area contributed by atoms with Crippen LogP contribution in [-0.2, 0) is 0 Å². The third-order valence-corrected chi connectivity index (χ3v) is 4.18. The van der Waals surface area contributed by atoms with Gasteiger partial charge in [0.05, 0.1) is 0 Å². The van der Waals surface area contributed by atoms with Gasteiger partial charge in [-0.25, -0.2) is 0 Å². The summed E-state index contributed by atoms with van der Waals surface area (Å²) in [6.07, 6.45) is 3.76. The summed E-state index contributed by atoms with van der Waals surface area (Å²) in [6, 6.07) is 6.91. The van der Waals surface area contributed by atoms with Crippen LogP contribution in [-0.4, -0.2) is 17.6 Å². The molecule has 0 atom stereocenters. The Hall–Kier alpha value is -0.610. The van der Waals surface area contributed by atoms with Crippen LogP contribution in [0.1, 0.15) is 38.7 Å². The number of nitrogens with two attached hydrogens (primary N) is 1. The highest BCUT2D eigenvalue weighted by atomic mass is 79.9. The molecule has 0 aromatic heterocycles. The number of halogens is 1. The predicted octanol–water partition coefficient (Wildman–Crippen LogP) is 4.10. The van der Waals surface area contributed by atoms with Gasteiger partial charge in [-0.3, -0.25) is 0 Å². The summed E-state index contributed by atoms with van der Waals surface area (Å²) in [5, 5.41) is 0. The molecule has 4 heteroatoms. The third kappa shape index (κ3) is 3.93. The molecule has 0 radical (unpaired) electrons. The Morgan fingerprint density at radius 2 is 2.16 bits per heavy atom. The van der Waals surface area contributed by atoms with Gasteiger partial charge < -0.3 is 10.6 Å². The molecule has 1 aliphatic carbocycles. The van der Waals surface area contributed by atoms with Crippen molar-refractivity contribution < 1.29 is 0 Å². The van der Waals surface area contributed by atoms with Gasteiger partial charge >= 0.3 is 0 Å². The van der Waals surface area contributed by atoms with Gasteiger partial charge in [-0.1, -0.05) is 42.0 Å². The highest BCUT2D eigenvalue weighted by Crippen LogP contribution is 2.35. The standard InChI is InChI=1S/C15H21BrN2S/c1-10(2)7-8-18(12-4-5-12)14-6-3-11(16)9-13(14)15(17)19/h3,6,9-10,12H,4-5,7-8H2,1-2H3,(H2,17,19). The quantitative estimate of drug-likeness (QED) is 0.790. The molecule has 19 heavy (non-hydrogen) atoms. The maximum absolute atomic E-state index is 5.88. The van der Waals surface area contributed by atoms with Gasteiger partial charge in [0.1, 0.15) is 4.99 Å². The second kappa shape index (κ2) is 6.23. The van der Waals surface area contributed by atoms with Crippen molar-refractivity contribution >= 4 is 38.8 Å². The number of nitrogens with zero attached hydrogens (tertiary/aromatic N) is 1. The average Bonchev–Trinajstić information content (AvgIpc) is 3.14. The number of anilines is 1. The molecule has 0 heterocycles. The summed E-state index contributed by atoms with van der Waals surface area (Å²) in [5.41, 5.74) is 8.06. The normalized spacial score (nSPS) is 14.7. The number of hydrogen-bond donors (Lipinski definition) is 1. The van der Waals surface area contributed by atoms with Crippen LogP contribution >= 0.6 is 28.1 Å². The lowest BCUT2D eigenvalue weighted by Gasteiger charge is -2.28. The molecular formula is C15H21BrN2S. The summed E-state index contributed by atoms with van der Waals surface area (Å²) >= 11 is 8.70. The first kappa shape index (κ1) is 14.8. The lowest BCUT2D eigenvalue weighted by atomic mass is 10.1. The van der Waals surface area contributed by atoms with E-state index < -0.39 is 0 Å². The van der Waals surface area contributed by atoms with E-state index in [1.54, 1.807) is 0 Å². The van der Waals surface area contributed by atoms with Crippen LogP contribution in [0.4, 0.5) is 5.69 Å². The monoisotopic (exact) mass is 340 g/mol. The van der Waals surface area contributed by atoms with Crippen molar-refractivity contribution in [3.63, 3.8) is 0 Å². The second-order valence-corrected chi connectivity index (χ2v) is 6.99. The molecule has 2 N–H and O–H groups in total. The minimum Gasteiger partial charge on any atom is -0.389 e. The highest BCUT2D eigenvalue weighted by molar-refractivity contribution is 9.10. The van der Waals surface area contributed by atoms with Crippen molar-refractivity contribution in [2.75, 3.05) is 11.4 Å². The van der Waals surface area contributed by atoms with Gasteiger partial charge in [-0.15, -0.1) is 0 Å². The molecule has 1 aromatic rings. The van der Waals surface area contributed by atoms with E-state index in [2.05, 4.69) is 46.8 Å².